The van der Waals surface area contributed by atoms with Gasteiger partial charge < -0.3 is 9.84 Å². The maximum absolute atomic E-state index is 12.1. The van der Waals surface area contributed by atoms with Crippen LogP contribution in [0.5, 0.6) is 0 Å². The van der Waals surface area contributed by atoms with Crippen LogP contribution in [0.3, 0.4) is 0 Å². The first-order valence-corrected chi connectivity index (χ1v) is 7.30. The van der Waals surface area contributed by atoms with Gasteiger partial charge in [0.1, 0.15) is 6.61 Å². The molecule has 0 amide bonds. The van der Waals surface area contributed by atoms with Crippen molar-refractivity contribution in [1.29, 1.82) is 0 Å². The van der Waals surface area contributed by atoms with E-state index in [-0.39, 0.29) is 13.2 Å². The van der Waals surface area contributed by atoms with Crippen LogP contribution in [-0.2, 0) is 18.0 Å². The van der Waals surface area contributed by atoms with E-state index in [1.807, 2.05) is 43.3 Å². The number of aliphatic hydroxyl groups is 1. The second kappa shape index (κ2) is 6.85. The van der Waals surface area contributed by atoms with E-state index in [4.69, 9.17) is 4.74 Å². The Hall–Kier alpha value is -1.40. The average Bonchev–Trinajstić information content (AvgIpc) is 2.48. The number of aryl methyl sites for hydroxylation is 1. The molecule has 3 nitrogen and oxygen atoms in total. The zero-order valence-corrected chi connectivity index (χ0v) is 13.3. The second-order valence-electron chi connectivity index (χ2n) is 4.48. The zero-order chi connectivity index (χ0) is 14.5. The van der Waals surface area contributed by atoms with E-state index >= 15 is 0 Å². The van der Waals surface area contributed by atoms with Gasteiger partial charge in [-0.25, -0.2) is 4.79 Å². The third kappa shape index (κ3) is 3.58. The first kappa shape index (κ1) is 15.0. The highest BCUT2D eigenvalue weighted by Crippen LogP contribution is 2.20. The van der Waals surface area contributed by atoms with Crippen LogP contribution in [0.25, 0.3) is 0 Å². The van der Waals surface area contributed by atoms with Crippen molar-refractivity contribution in [3.63, 3.8) is 0 Å². The summed E-state index contributed by atoms with van der Waals surface area (Å²) in [6.45, 7) is 2.00. The van der Waals surface area contributed by atoms with Crippen molar-refractivity contribution in [2.45, 2.75) is 20.1 Å². The van der Waals surface area contributed by atoms with Crippen molar-refractivity contribution >= 4 is 28.6 Å². The predicted octanol–water partition coefficient (Wildman–Crippen LogP) is 3.45. The number of rotatable bonds is 4. The summed E-state index contributed by atoms with van der Waals surface area (Å²) in [5, 5.41) is 9.36. The molecule has 2 aromatic rings. The highest BCUT2D eigenvalue weighted by molar-refractivity contribution is 14.1. The Bertz CT molecular complexity index is 609. The average molecular weight is 382 g/mol. The molecule has 104 valence electrons. The number of aliphatic hydroxyl groups excluding tert-OH is 1. The summed E-state index contributed by atoms with van der Waals surface area (Å²) in [6, 6.07) is 13.1. The molecule has 0 aliphatic heterocycles. The summed E-state index contributed by atoms with van der Waals surface area (Å²) in [5.41, 5.74) is 3.00. The Kier molecular flexibility index (Phi) is 5.14. The molecule has 0 unspecified atom stereocenters. The third-order valence-corrected chi connectivity index (χ3v) is 4.15. The predicted molar refractivity (Wildman–Crippen MR) is 85.4 cm³/mol. The number of hydrogen-bond donors (Lipinski definition) is 1. The molecule has 0 saturated carbocycles. The lowest BCUT2D eigenvalue weighted by Gasteiger charge is -2.10. The third-order valence-electron chi connectivity index (χ3n) is 2.99. The van der Waals surface area contributed by atoms with Gasteiger partial charge in [-0.2, -0.15) is 0 Å². The number of halogens is 1. The van der Waals surface area contributed by atoms with Gasteiger partial charge in [0.2, 0.25) is 0 Å². The minimum atomic E-state index is -0.407. The number of benzene rings is 2. The molecular weight excluding hydrogens is 367 g/mol. The maximum Gasteiger partial charge on any atom is 0.338 e. The monoisotopic (exact) mass is 382 g/mol. The summed E-state index contributed by atoms with van der Waals surface area (Å²) >= 11 is 2.17. The lowest BCUT2D eigenvalue weighted by molar-refractivity contribution is 0.0469. The largest absolute Gasteiger partial charge is 0.457 e. The Morgan fingerprint density at radius 3 is 2.60 bits per heavy atom. The Morgan fingerprint density at radius 1 is 1.25 bits per heavy atom. The SMILES string of the molecule is Cc1cc(CO)c(C(=O)OCc2ccccc2)cc1I. The lowest BCUT2D eigenvalue weighted by atomic mass is 10.1. The van der Waals surface area contributed by atoms with Crippen LogP contribution in [0.2, 0.25) is 0 Å². The fourth-order valence-electron chi connectivity index (χ4n) is 1.86. The summed E-state index contributed by atoms with van der Waals surface area (Å²) in [7, 11) is 0. The molecule has 0 aromatic heterocycles. The van der Waals surface area contributed by atoms with Crippen LogP contribution in [0.1, 0.15) is 27.0 Å². The zero-order valence-electron chi connectivity index (χ0n) is 11.1. The van der Waals surface area contributed by atoms with Crippen LogP contribution < -0.4 is 0 Å². The van der Waals surface area contributed by atoms with Crippen LogP contribution in [0.4, 0.5) is 0 Å². The van der Waals surface area contributed by atoms with E-state index in [0.717, 1.165) is 14.7 Å². The van der Waals surface area contributed by atoms with Crippen molar-refractivity contribution < 1.29 is 14.6 Å². The molecule has 20 heavy (non-hydrogen) atoms. The van der Waals surface area contributed by atoms with Crippen LogP contribution in [0.15, 0.2) is 42.5 Å². The van der Waals surface area contributed by atoms with Crippen LogP contribution >= 0.6 is 22.6 Å². The molecule has 0 radical (unpaired) electrons. The number of hydrogen-bond acceptors (Lipinski definition) is 3. The first-order valence-electron chi connectivity index (χ1n) is 6.22. The summed E-state index contributed by atoms with van der Waals surface area (Å²) in [6.07, 6.45) is 0. The van der Waals surface area contributed by atoms with Gasteiger partial charge in [-0.3, -0.25) is 0 Å². The molecule has 0 atom stereocenters. The van der Waals surface area contributed by atoms with Gasteiger partial charge in [0.05, 0.1) is 12.2 Å². The standard InChI is InChI=1S/C16H15IO3/c1-11-7-13(9-18)14(8-15(11)17)16(19)20-10-12-5-3-2-4-6-12/h2-8,18H,9-10H2,1H3. The van der Waals surface area contributed by atoms with E-state index in [1.54, 1.807) is 6.07 Å². The molecule has 2 rings (SSSR count). The Balaban J connectivity index is 2.15. The smallest absolute Gasteiger partial charge is 0.338 e. The number of esters is 1. The first-order chi connectivity index (χ1) is 9.61. The van der Waals surface area contributed by atoms with E-state index in [0.29, 0.717) is 11.1 Å². The second-order valence-corrected chi connectivity index (χ2v) is 5.64. The van der Waals surface area contributed by atoms with E-state index < -0.39 is 5.97 Å². The Labute approximate surface area is 131 Å². The molecule has 0 heterocycles. The molecule has 0 spiro atoms. The van der Waals surface area contributed by atoms with Gasteiger partial charge in [-0.15, -0.1) is 0 Å². The molecule has 0 saturated heterocycles. The summed E-state index contributed by atoms with van der Waals surface area (Å²) < 4.78 is 6.28. The quantitative estimate of drug-likeness (QED) is 0.651. The van der Waals surface area contributed by atoms with E-state index in [1.165, 1.54) is 0 Å². The van der Waals surface area contributed by atoms with Crippen molar-refractivity contribution in [2.75, 3.05) is 0 Å². The van der Waals surface area contributed by atoms with Gasteiger partial charge in [0.15, 0.2) is 0 Å². The molecule has 2 aromatic carbocycles. The van der Waals surface area contributed by atoms with Crippen LogP contribution in [-0.4, -0.2) is 11.1 Å². The summed E-state index contributed by atoms with van der Waals surface area (Å²) in [4.78, 5) is 12.1. The van der Waals surface area contributed by atoms with Gasteiger partial charge in [-0.1, -0.05) is 36.4 Å². The maximum atomic E-state index is 12.1. The van der Waals surface area contributed by atoms with Crippen molar-refractivity contribution in [1.82, 2.24) is 0 Å². The molecule has 0 bridgehead atoms. The number of carbonyl (C=O) groups is 1. The lowest BCUT2D eigenvalue weighted by Crippen LogP contribution is -2.09. The Morgan fingerprint density at radius 2 is 1.95 bits per heavy atom. The van der Waals surface area contributed by atoms with Gasteiger partial charge in [0.25, 0.3) is 0 Å². The van der Waals surface area contributed by atoms with Gasteiger partial charge in [-0.05, 0) is 52.3 Å². The highest BCUT2D eigenvalue weighted by atomic mass is 127. The fraction of sp³-hybridized carbons (Fsp3) is 0.188. The van der Waals surface area contributed by atoms with Gasteiger partial charge in [0, 0.05) is 3.57 Å². The van der Waals surface area contributed by atoms with E-state index in [9.17, 15) is 9.90 Å². The molecule has 0 aliphatic carbocycles. The number of ether oxygens (including phenoxy) is 1. The highest BCUT2D eigenvalue weighted by Gasteiger charge is 2.14. The minimum absolute atomic E-state index is 0.173. The minimum Gasteiger partial charge on any atom is -0.457 e. The van der Waals surface area contributed by atoms with Crippen molar-refractivity contribution in [3.8, 4) is 0 Å². The topological polar surface area (TPSA) is 46.5 Å². The van der Waals surface area contributed by atoms with Gasteiger partial charge >= 0.3 is 5.97 Å². The normalized spacial score (nSPS) is 10.3. The molecule has 0 aliphatic rings. The molecule has 1 N–H and O–H groups in total. The molecular formula is C16H15IO3. The molecule has 0 fully saturated rings. The van der Waals surface area contributed by atoms with Crippen molar-refractivity contribution in [2.24, 2.45) is 0 Å². The number of carbonyl (C=O) groups excluding carboxylic acids is 1. The van der Waals surface area contributed by atoms with Crippen LogP contribution in [0, 0.1) is 10.5 Å². The molecule has 4 heteroatoms. The van der Waals surface area contributed by atoms with E-state index in [2.05, 4.69) is 22.6 Å². The summed E-state index contributed by atoms with van der Waals surface area (Å²) in [5.74, 6) is -0.407. The fourth-order valence-corrected chi connectivity index (χ4v) is 2.33. The van der Waals surface area contributed by atoms with Crippen molar-refractivity contribution in [3.05, 3.63) is 68.3 Å².